The summed E-state index contributed by atoms with van der Waals surface area (Å²) < 4.78 is 0. The van der Waals surface area contributed by atoms with Gasteiger partial charge in [-0.1, -0.05) is 66.5 Å². The van der Waals surface area contributed by atoms with Gasteiger partial charge in [0.2, 0.25) is 5.91 Å². The summed E-state index contributed by atoms with van der Waals surface area (Å²) in [6.07, 6.45) is 2.37. The Labute approximate surface area is 153 Å². The maximum Gasteiger partial charge on any atom is 0.226 e. The first-order valence-corrected chi connectivity index (χ1v) is 9.15. The maximum absolute atomic E-state index is 12.9. The lowest BCUT2D eigenvalue weighted by atomic mass is 9.97. The summed E-state index contributed by atoms with van der Waals surface area (Å²) in [5.41, 5.74) is 2.08. The molecule has 0 saturated carbocycles. The second kappa shape index (κ2) is 7.58. The number of rotatable bonds is 5. The molecule has 0 aromatic heterocycles. The van der Waals surface area contributed by atoms with Gasteiger partial charge < -0.3 is 4.90 Å². The molecule has 2 nitrogen and oxygen atoms in total. The van der Waals surface area contributed by atoms with Crippen LogP contribution in [-0.4, -0.2) is 17.4 Å². The predicted molar refractivity (Wildman–Crippen MR) is 99.5 cm³/mol. The highest BCUT2D eigenvalue weighted by atomic mass is 35.5. The molecule has 24 heavy (non-hydrogen) atoms. The number of hydrogen-bond donors (Lipinski definition) is 0. The van der Waals surface area contributed by atoms with E-state index >= 15 is 0 Å². The number of carbonyl (C=O) groups is 1. The van der Waals surface area contributed by atoms with Crippen molar-refractivity contribution in [2.45, 2.75) is 32.2 Å². The van der Waals surface area contributed by atoms with Crippen molar-refractivity contribution in [3.05, 3.63) is 69.7 Å². The highest BCUT2D eigenvalue weighted by Gasteiger charge is 2.36. The van der Waals surface area contributed by atoms with Crippen LogP contribution in [0.3, 0.4) is 0 Å². The molecule has 1 heterocycles. The van der Waals surface area contributed by atoms with E-state index < -0.39 is 0 Å². The zero-order chi connectivity index (χ0) is 17.1. The minimum absolute atomic E-state index is 0.0415. The Morgan fingerprint density at radius 2 is 1.75 bits per heavy atom. The predicted octanol–water partition coefficient (Wildman–Crippen LogP) is 5.54. The molecule has 1 fully saturated rings. The number of likely N-dealkylation sites (tertiary alicyclic amines) is 1. The SMILES string of the molecule is CC[C@H](c1ccccc1)N1CC[C@H](Cc2c(Cl)cccc2Cl)C1=O. The molecule has 2 atom stereocenters. The van der Waals surface area contributed by atoms with E-state index in [1.54, 1.807) is 0 Å². The van der Waals surface area contributed by atoms with Crippen LogP contribution in [0.15, 0.2) is 48.5 Å². The molecule has 0 N–H and O–H groups in total. The molecule has 126 valence electrons. The van der Waals surface area contributed by atoms with Crippen molar-refractivity contribution in [2.24, 2.45) is 5.92 Å². The Hall–Kier alpha value is -1.51. The molecular weight excluding hydrogens is 341 g/mol. The van der Waals surface area contributed by atoms with Crippen LogP contribution in [0.4, 0.5) is 0 Å². The van der Waals surface area contributed by atoms with Crippen LogP contribution in [0.1, 0.15) is 36.9 Å². The number of carbonyl (C=O) groups excluding carboxylic acids is 1. The summed E-state index contributed by atoms with van der Waals surface area (Å²) >= 11 is 12.5. The van der Waals surface area contributed by atoms with Gasteiger partial charge in [0.15, 0.2) is 0 Å². The van der Waals surface area contributed by atoms with E-state index in [9.17, 15) is 4.79 Å². The molecule has 0 unspecified atom stereocenters. The van der Waals surface area contributed by atoms with E-state index in [-0.39, 0.29) is 17.9 Å². The molecule has 0 radical (unpaired) electrons. The van der Waals surface area contributed by atoms with E-state index in [0.29, 0.717) is 16.5 Å². The fraction of sp³-hybridized carbons (Fsp3) is 0.350. The lowest BCUT2D eigenvalue weighted by Gasteiger charge is -2.28. The second-order valence-electron chi connectivity index (χ2n) is 6.26. The highest BCUT2D eigenvalue weighted by Crippen LogP contribution is 2.35. The van der Waals surface area contributed by atoms with Gasteiger partial charge in [0.25, 0.3) is 0 Å². The summed E-state index contributed by atoms with van der Waals surface area (Å²) in [6.45, 7) is 2.92. The van der Waals surface area contributed by atoms with Gasteiger partial charge in [-0.15, -0.1) is 0 Å². The summed E-state index contributed by atoms with van der Waals surface area (Å²) in [5.74, 6) is 0.168. The van der Waals surface area contributed by atoms with Crippen molar-refractivity contribution in [3.8, 4) is 0 Å². The van der Waals surface area contributed by atoms with Crippen LogP contribution in [0.2, 0.25) is 10.0 Å². The van der Waals surface area contributed by atoms with Gasteiger partial charge in [-0.05, 0) is 42.5 Å². The summed E-state index contributed by atoms with van der Waals surface area (Å²) in [7, 11) is 0. The zero-order valence-electron chi connectivity index (χ0n) is 13.7. The first-order valence-electron chi connectivity index (χ1n) is 8.40. The third-order valence-corrected chi connectivity index (χ3v) is 5.52. The lowest BCUT2D eigenvalue weighted by molar-refractivity contribution is -0.133. The molecule has 0 bridgehead atoms. The van der Waals surface area contributed by atoms with E-state index in [1.807, 2.05) is 41.3 Å². The highest BCUT2D eigenvalue weighted by molar-refractivity contribution is 6.36. The smallest absolute Gasteiger partial charge is 0.226 e. The van der Waals surface area contributed by atoms with Gasteiger partial charge in [0.1, 0.15) is 0 Å². The molecule has 4 heteroatoms. The van der Waals surface area contributed by atoms with Crippen molar-refractivity contribution in [3.63, 3.8) is 0 Å². The molecule has 1 amide bonds. The molecule has 0 aliphatic carbocycles. The number of nitrogens with zero attached hydrogens (tertiary/aromatic N) is 1. The fourth-order valence-electron chi connectivity index (χ4n) is 3.55. The van der Waals surface area contributed by atoms with E-state index in [4.69, 9.17) is 23.2 Å². The Morgan fingerprint density at radius 1 is 1.08 bits per heavy atom. The molecule has 0 spiro atoms. The molecular formula is C20H21Cl2NO. The van der Waals surface area contributed by atoms with Gasteiger partial charge in [0.05, 0.1) is 6.04 Å². The van der Waals surface area contributed by atoms with Gasteiger partial charge in [-0.3, -0.25) is 4.79 Å². The van der Waals surface area contributed by atoms with Gasteiger partial charge in [0, 0.05) is 22.5 Å². The van der Waals surface area contributed by atoms with Crippen LogP contribution in [0, 0.1) is 5.92 Å². The monoisotopic (exact) mass is 361 g/mol. The first-order chi connectivity index (χ1) is 11.6. The number of amides is 1. The molecule has 3 rings (SSSR count). The number of halogens is 2. The van der Waals surface area contributed by atoms with E-state index in [0.717, 1.165) is 24.9 Å². The Balaban J connectivity index is 1.77. The lowest BCUT2D eigenvalue weighted by Crippen LogP contribution is -2.32. The average Bonchev–Trinajstić information content (AvgIpc) is 2.94. The van der Waals surface area contributed by atoms with Crippen molar-refractivity contribution in [1.29, 1.82) is 0 Å². The average molecular weight is 362 g/mol. The van der Waals surface area contributed by atoms with Gasteiger partial charge >= 0.3 is 0 Å². The summed E-state index contributed by atoms with van der Waals surface area (Å²) in [5, 5.41) is 1.28. The Bertz CT molecular complexity index is 697. The topological polar surface area (TPSA) is 20.3 Å². The van der Waals surface area contributed by atoms with E-state index in [2.05, 4.69) is 19.1 Å². The van der Waals surface area contributed by atoms with Crippen molar-refractivity contribution >= 4 is 29.1 Å². The third kappa shape index (κ3) is 3.45. The molecule has 1 aliphatic heterocycles. The Kier molecular flexibility index (Phi) is 5.47. The van der Waals surface area contributed by atoms with Crippen molar-refractivity contribution in [2.75, 3.05) is 6.54 Å². The summed E-state index contributed by atoms with van der Waals surface area (Å²) in [6, 6.07) is 15.9. The zero-order valence-corrected chi connectivity index (χ0v) is 15.2. The van der Waals surface area contributed by atoms with Gasteiger partial charge in [-0.2, -0.15) is 0 Å². The maximum atomic E-state index is 12.9. The number of hydrogen-bond acceptors (Lipinski definition) is 1. The standard InChI is InChI=1S/C20H21Cl2NO/c1-2-19(14-7-4-3-5-8-14)23-12-11-15(20(23)24)13-16-17(21)9-6-10-18(16)22/h3-10,15,19H,2,11-13H2,1H3/t15-,19-/m1/s1. The second-order valence-corrected chi connectivity index (χ2v) is 7.07. The van der Waals surface area contributed by atoms with Crippen LogP contribution < -0.4 is 0 Å². The van der Waals surface area contributed by atoms with Crippen LogP contribution in [-0.2, 0) is 11.2 Å². The van der Waals surface area contributed by atoms with E-state index in [1.165, 1.54) is 5.56 Å². The normalized spacial score (nSPS) is 18.9. The molecule has 2 aromatic rings. The summed E-state index contributed by atoms with van der Waals surface area (Å²) in [4.78, 5) is 15.0. The van der Waals surface area contributed by atoms with Crippen LogP contribution in [0.5, 0.6) is 0 Å². The van der Waals surface area contributed by atoms with Gasteiger partial charge in [-0.25, -0.2) is 0 Å². The molecule has 1 aliphatic rings. The third-order valence-electron chi connectivity index (χ3n) is 4.81. The Morgan fingerprint density at radius 3 is 2.38 bits per heavy atom. The minimum Gasteiger partial charge on any atom is -0.335 e. The fourth-order valence-corrected chi connectivity index (χ4v) is 4.10. The van der Waals surface area contributed by atoms with Crippen LogP contribution >= 0.6 is 23.2 Å². The minimum atomic E-state index is -0.0415. The number of benzene rings is 2. The quantitative estimate of drug-likeness (QED) is 0.684. The molecule has 1 saturated heterocycles. The van der Waals surface area contributed by atoms with Crippen molar-refractivity contribution < 1.29 is 4.79 Å². The van der Waals surface area contributed by atoms with Crippen LogP contribution in [0.25, 0.3) is 0 Å². The largest absolute Gasteiger partial charge is 0.335 e. The first kappa shape index (κ1) is 17.3. The van der Waals surface area contributed by atoms with Crippen molar-refractivity contribution in [1.82, 2.24) is 4.90 Å². The molecule has 2 aromatic carbocycles.